The van der Waals surface area contributed by atoms with Gasteiger partial charge in [0.2, 0.25) is 5.91 Å². The summed E-state index contributed by atoms with van der Waals surface area (Å²) in [5.41, 5.74) is 2.67. The van der Waals surface area contributed by atoms with Gasteiger partial charge in [-0.1, -0.05) is 36.4 Å². The van der Waals surface area contributed by atoms with Crippen molar-refractivity contribution in [3.8, 4) is 11.4 Å². The molecule has 0 aliphatic carbocycles. The summed E-state index contributed by atoms with van der Waals surface area (Å²) < 4.78 is 2.08. The van der Waals surface area contributed by atoms with Gasteiger partial charge >= 0.3 is 11.6 Å². The molecule has 2 aromatic carbocycles. The molecular formula is C35H45N8O3+. The number of nitrogens with one attached hydrogen (secondary N) is 3. The van der Waals surface area contributed by atoms with Crippen LogP contribution in [0.25, 0.3) is 22.3 Å². The summed E-state index contributed by atoms with van der Waals surface area (Å²) in [6, 6.07) is 16.0. The van der Waals surface area contributed by atoms with Crippen molar-refractivity contribution in [3.05, 3.63) is 70.8 Å². The highest BCUT2D eigenvalue weighted by molar-refractivity contribution is 5.84. The molecule has 0 bridgehead atoms. The van der Waals surface area contributed by atoms with Gasteiger partial charge in [-0.3, -0.25) is 19.4 Å². The van der Waals surface area contributed by atoms with E-state index in [4.69, 9.17) is 0 Å². The van der Waals surface area contributed by atoms with Crippen LogP contribution in [0.3, 0.4) is 0 Å². The van der Waals surface area contributed by atoms with Gasteiger partial charge in [0, 0.05) is 56.4 Å². The molecule has 3 aliphatic rings. The second-order valence-electron chi connectivity index (χ2n) is 13.5. The molecule has 11 nitrogen and oxygen atoms in total. The predicted molar refractivity (Wildman–Crippen MR) is 176 cm³/mol. The summed E-state index contributed by atoms with van der Waals surface area (Å²) in [5, 5.41) is 16.3. The number of amides is 2. The topological polar surface area (TPSA) is 129 Å². The van der Waals surface area contributed by atoms with E-state index in [1.165, 1.54) is 6.42 Å². The second kappa shape index (κ2) is 13.3. The standard InChI is InChI=1S/C35H44N8O3/c44-32(41-17-13-29(14-18-41)42-35(46)38-33(40-42)26-7-3-1-4-8-26)23-27(21-25-9-10-31-28(22-25)24-37-39-31)34(45)43(19-5-2-6-20-43)30-11-15-36-16-12-30/h1,3-4,7-10,22,24,27,29-30,36H,2,5-6,11-21,23H2,(H-,37,38,39,40,46)/p+1. The lowest BCUT2D eigenvalue weighted by Crippen LogP contribution is -2.65. The molecule has 0 radical (unpaired) electrons. The number of rotatable bonds is 8. The van der Waals surface area contributed by atoms with Crippen LogP contribution in [-0.2, 0) is 16.0 Å². The summed E-state index contributed by atoms with van der Waals surface area (Å²) in [6.07, 6.45) is 9.14. The molecule has 3 N–H and O–H groups in total. The van der Waals surface area contributed by atoms with E-state index in [0.29, 0.717) is 48.7 Å². The Kier molecular flexibility index (Phi) is 8.86. The summed E-state index contributed by atoms with van der Waals surface area (Å²) in [6.45, 7) is 4.73. The highest BCUT2D eigenvalue weighted by Crippen LogP contribution is 2.33. The first-order valence-electron chi connectivity index (χ1n) is 17.1. The van der Waals surface area contributed by atoms with Crippen molar-refractivity contribution in [2.24, 2.45) is 5.92 Å². The Balaban J connectivity index is 1.08. The van der Waals surface area contributed by atoms with E-state index >= 15 is 0 Å². The molecule has 2 amide bonds. The van der Waals surface area contributed by atoms with Crippen molar-refractivity contribution in [3.63, 3.8) is 0 Å². The van der Waals surface area contributed by atoms with Crippen molar-refractivity contribution < 1.29 is 14.1 Å². The van der Waals surface area contributed by atoms with E-state index in [9.17, 15) is 14.4 Å². The van der Waals surface area contributed by atoms with E-state index in [2.05, 4.69) is 37.7 Å². The van der Waals surface area contributed by atoms with Crippen LogP contribution >= 0.6 is 0 Å². The molecule has 242 valence electrons. The number of aromatic nitrogens is 5. The summed E-state index contributed by atoms with van der Waals surface area (Å²) in [4.78, 5) is 46.5. The number of H-pyrrole nitrogens is 2. The molecule has 1 unspecified atom stereocenters. The average molecular weight is 626 g/mol. The lowest BCUT2D eigenvalue weighted by molar-refractivity contribution is -0.887. The number of carbonyl (C=O) groups excluding carboxylic acids is 2. The fraction of sp³-hybridized carbons (Fsp3) is 0.514. The Morgan fingerprint density at radius 2 is 1.72 bits per heavy atom. The normalized spacial score (nSPS) is 20.1. The van der Waals surface area contributed by atoms with Crippen LogP contribution < -0.4 is 11.0 Å². The Labute approximate surface area is 268 Å². The number of carbonyl (C=O) groups is 2. The number of quaternary nitrogens is 1. The third-order valence-corrected chi connectivity index (χ3v) is 10.7. The summed E-state index contributed by atoms with van der Waals surface area (Å²) in [5.74, 6) is 0.437. The molecule has 46 heavy (non-hydrogen) atoms. The van der Waals surface area contributed by atoms with E-state index < -0.39 is 5.92 Å². The number of hydrogen-bond acceptors (Lipinski definition) is 6. The van der Waals surface area contributed by atoms with Gasteiger partial charge in [0.1, 0.15) is 0 Å². The van der Waals surface area contributed by atoms with Gasteiger partial charge in [-0.05, 0) is 56.2 Å². The van der Waals surface area contributed by atoms with Crippen molar-refractivity contribution in [2.75, 3.05) is 39.3 Å². The monoisotopic (exact) mass is 625 g/mol. The van der Waals surface area contributed by atoms with Crippen LogP contribution in [0.15, 0.2) is 59.5 Å². The molecule has 4 aromatic rings. The highest BCUT2D eigenvalue weighted by atomic mass is 16.2. The van der Waals surface area contributed by atoms with Gasteiger partial charge in [0.05, 0.1) is 42.8 Å². The average Bonchev–Trinajstić information content (AvgIpc) is 3.75. The van der Waals surface area contributed by atoms with Crippen LogP contribution in [0, 0.1) is 5.92 Å². The van der Waals surface area contributed by atoms with E-state index in [0.717, 1.165) is 73.9 Å². The zero-order valence-corrected chi connectivity index (χ0v) is 26.5. The Morgan fingerprint density at radius 1 is 0.957 bits per heavy atom. The molecule has 3 aliphatic heterocycles. The predicted octanol–water partition coefficient (Wildman–Crippen LogP) is 3.81. The number of fused-ring (bicyclic) bond motifs is 1. The molecular weight excluding hydrogens is 580 g/mol. The zero-order chi connectivity index (χ0) is 31.5. The number of likely N-dealkylation sites (tertiary alicyclic amines) is 2. The molecule has 3 fully saturated rings. The molecule has 2 aromatic heterocycles. The zero-order valence-electron chi connectivity index (χ0n) is 26.5. The molecule has 0 spiro atoms. The lowest BCUT2D eigenvalue weighted by Gasteiger charge is -2.47. The highest BCUT2D eigenvalue weighted by Gasteiger charge is 2.48. The first kappa shape index (κ1) is 30.6. The van der Waals surface area contributed by atoms with Crippen molar-refractivity contribution in [1.82, 2.24) is 35.2 Å². The first-order valence-corrected chi connectivity index (χ1v) is 17.1. The minimum absolute atomic E-state index is 0.0287. The van der Waals surface area contributed by atoms with Gasteiger partial charge in [0.15, 0.2) is 5.82 Å². The molecule has 3 saturated heterocycles. The summed E-state index contributed by atoms with van der Waals surface area (Å²) >= 11 is 0. The van der Waals surface area contributed by atoms with Crippen molar-refractivity contribution in [1.29, 1.82) is 0 Å². The van der Waals surface area contributed by atoms with Crippen molar-refractivity contribution >= 4 is 22.7 Å². The van der Waals surface area contributed by atoms with Crippen molar-refractivity contribution in [2.45, 2.75) is 69.9 Å². The van der Waals surface area contributed by atoms with Crippen LogP contribution in [0.4, 0.5) is 0 Å². The Hall–Kier alpha value is -4.09. The Morgan fingerprint density at radius 3 is 2.48 bits per heavy atom. The quantitative estimate of drug-likeness (QED) is 0.256. The van der Waals surface area contributed by atoms with E-state index in [1.54, 1.807) is 4.68 Å². The smallest absolute Gasteiger partial charge is 0.343 e. The van der Waals surface area contributed by atoms with Gasteiger partial charge < -0.3 is 10.2 Å². The van der Waals surface area contributed by atoms with E-state index in [1.807, 2.05) is 47.5 Å². The molecule has 5 heterocycles. The third-order valence-electron chi connectivity index (χ3n) is 10.7. The molecule has 7 rings (SSSR count). The minimum Gasteiger partial charge on any atom is -0.343 e. The number of piperidine rings is 3. The van der Waals surface area contributed by atoms with E-state index in [-0.39, 0.29) is 30.0 Å². The maximum absolute atomic E-state index is 14.9. The van der Waals surface area contributed by atoms with Crippen LogP contribution in [0.5, 0.6) is 0 Å². The maximum Gasteiger partial charge on any atom is 0.343 e. The van der Waals surface area contributed by atoms with Crippen LogP contribution in [-0.4, -0.2) is 91.5 Å². The maximum atomic E-state index is 14.9. The van der Waals surface area contributed by atoms with Crippen LogP contribution in [0.1, 0.15) is 63.0 Å². The van der Waals surface area contributed by atoms with Gasteiger partial charge in [-0.2, -0.15) is 5.10 Å². The first-order chi connectivity index (χ1) is 22.5. The minimum atomic E-state index is -0.398. The number of aromatic amines is 2. The fourth-order valence-electron chi connectivity index (χ4n) is 8.17. The number of hydrogen-bond donors (Lipinski definition) is 3. The SMILES string of the molecule is O=C(CC(Cc1ccc2[nH]ncc2c1)C(=O)[N+]1(C2CCNCC2)CCCCC1)N1CCC(n2nc(-c3ccccc3)[nH]c2=O)CC1. The second-order valence-corrected chi connectivity index (χ2v) is 13.5. The summed E-state index contributed by atoms with van der Waals surface area (Å²) in [7, 11) is 0. The van der Waals surface area contributed by atoms with Gasteiger partial charge in [-0.25, -0.2) is 14.3 Å². The lowest BCUT2D eigenvalue weighted by atomic mass is 9.88. The number of nitrogens with zero attached hydrogens (tertiary/aromatic N) is 5. The largest absolute Gasteiger partial charge is 0.343 e. The molecule has 1 atom stereocenters. The molecule has 11 heteroatoms. The van der Waals surface area contributed by atoms with Crippen LogP contribution in [0.2, 0.25) is 0 Å². The number of benzene rings is 2. The fourth-order valence-corrected chi connectivity index (χ4v) is 8.17. The Bertz CT molecular complexity index is 1710. The molecule has 0 saturated carbocycles. The third kappa shape index (κ3) is 6.18. The van der Waals surface area contributed by atoms with Gasteiger partial charge in [-0.15, -0.1) is 5.10 Å². The van der Waals surface area contributed by atoms with Gasteiger partial charge in [0.25, 0.3) is 0 Å².